The quantitative estimate of drug-likeness (QED) is 0.439. The number of ether oxygens (including phenoxy) is 2. The lowest BCUT2D eigenvalue weighted by molar-refractivity contribution is 0.0632. The van der Waals surface area contributed by atoms with Crippen molar-refractivity contribution in [1.29, 1.82) is 0 Å². The Morgan fingerprint density at radius 3 is 2.86 bits per heavy atom. The molecule has 0 bridgehead atoms. The lowest BCUT2D eigenvalue weighted by Crippen LogP contribution is -2.25. The summed E-state index contributed by atoms with van der Waals surface area (Å²) in [5, 5.41) is 14.3. The number of ketones is 1. The largest absolute Gasteiger partial charge is 0.491 e. The molecule has 144 valence electrons. The number of aryl methyl sites for hydroxylation is 1. The van der Waals surface area contributed by atoms with Crippen LogP contribution in [-0.4, -0.2) is 35.2 Å². The molecule has 2 aromatic carbocycles. The van der Waals surface area contributed by atoms with Crippen LogP contribution in [-0.2, 0) is 0 Å². The first-order valence-electron chi connectivity index (χ1n) is 8.83. The lowest BCUT2D eigenvalue weighted by Gasteiger charge is -2.14. The Morgan fingerprint density at radius 2 is 2.04 bits per heavy atom. The molecule has 0 saturated carbocycles. The van der Waals surface area contributed by atoms with E-state index < -0.39 is 6.10 Å². The standard InChI is InChI=1S/C21H19NO4S2/c1-12(23)14-4-3-5-16(8-14)25-10-15(24)11-26-18-9-19-20(22-13(2)28-19)21-17(18)6-7-27-21/h3-9,15,24H,10-11H2,1-2H3. The van der Waals surface area contributed by atoms with E-state index in [-0.39, 0.29) is 19.0 Å². The molecule has 1 unspecified atom stereocenters. The number of thiazole rings is 1. The number of Topliss-reactive ketones (excluding diaryl/α,β-unsaturated/α-hetero) is 1. The summed E-state index contributed by atoms with van der Waals surface area (Å²) in [4.78, 5) is 16.1. The van der Waals surface area contributed by atoms with Gasteiger partial charge in [0, 0.05) is 17.0 Å². The second-order valence-corrected chi connectivity index (χ2v) is 8.63. The molecule has 2 heterocycles. The van der Waals surface area contributed by atoms with Gasteiger partial charge in [0.1, 0.15) is 30.8 Å². The van der Waals surface area contributed by atoms with E-state index in [4.69, 9.17) is 9.47 Å². The number of hydrogen-bond acceptors (Lipinski definition) is 7. The van der Waals surface area contributed by atoms with E-state index in [1.165, 1.54) is 6.92 Å². The SMILES string of the molecule is CC(=O)c1cccc(OCC(O)COc2cc3sc(C)nc3c3sccc23)c1. The molecule has 0 aliphatic carbocycles. The van der Waals surface area contributed by atoms with E-state index in [1.807, 2.05) is 24.4 Å². The van der Waals surface area contributed by atoms with Crippen LogP contribution >= 0.6 is 22.7 Å². The summed E-state index contributed by atoms with van der Waals surface area (Å²) in [5.74, 6) is 1.27. The van der Waals surface area contributed by atoms with Crippen molar-refractivity contribution in [2.75, 3.05) is 13.2 Å². The van der Waals surface area contributed by atoms with Gasteiger partial charge in [-0.1, -0.05) is 12.1 Å². The fourth-order valence-corrected chi connectivity index (χ4v) is 4.77. The molecule has 0 spiro atoms. The molecule has 0 saturated heterocycles. The van der Waals surface area contributed by atoms with Crippen molar-refractivity contribution in [2.45, 2.75) is 20.0 Å². The molecular formula is C21H19NO4S2. The smallest absolute Gasteiger partial charge is 0.159 e. The highest BCUT2D eigenvalue weighted by Gasteiger charge is 2.14. The van der Waals surface area contributed by atoms with E-state index in [0.29, 0.717) is 11.3 Å². The maximum absolute atomic E-state index is 11.4. The number of benzene rings is 2. The maximum atomic E-state index is 11.4. The van der Waals surface area contributed by atoms with Gasteiger partial charge in [-0.2, -0.15) is 0 Å². The summed E-state index contributed by atoms with van der Waals surface area (Å²) >= 11 is 3.27. The van der Waals surface area contributed by atoms with Crippen molar-refractivity contribution < 1.29 is 19.4 Å². The van der Waals surface area contributed by atoms with E-state index in [9.17, 15) is 9.90 Å². The molecule has 0 radical (unpaired) electrons. The van der Waals surface area contributed by atoms with Crippen LogP contribution < -0.4 is 9.47 Å². The van der Waals surface area contributed by atoms with Crippen LogP contribution in [0.25, 0.3) is 20.3 Å². The van der Waals surface area contributed by atoms with Crippen molar-refractivity contribution in [1.82, 2.24) is 4.98 Å². The number of carbonyl (C=O) groups excluding carboxylic acids is 1. The fourth-order valence-electron chi connectivity index (χ4n) is 2.94. The minimum atomic E-state index is -0.798. The highest BCUT2D eigenvalue weighted by molar-refractivity contribution is 7.21. The summed E-state index contributed by atoms with van der Waals surface area (Å²) < 4.78 is 13.7. The Balaban J connectivity index is 1.43. The summed E-state index contributed by atoms with van der Waals surface area (Å²) in [6, 6.07) is 10.9. The third-order valence-corrected chi connectivity index (χ3v) is 6.12. The minimum absolute atomic E-state index is 0.0252. The highest BCUT2D eigenvalue weighted by atomic mass is 32.1. The predicted molar refractivity (Wildman–Crippen MR) is 113 cm³/mol. The molecule has 0 fully saturated rings. The molecular weight excluding hydrogens is 394 g/mol. The molecule has 4 aromatic rings. The predicted octanol–water partition coefficient (Wildman–Crippen LogP) is 4.84. The number of carbonyl (C=O) groups is 1. The second kappa shape index (κ2) is 7.87. The Hall–Kier alpha value is -2.48. The van der Waals surface area contributed by atoms with E-state index in [1.54, 1.807) is 46.9 Å². The molecule has 2 aromatic heterocycles. The van der Waals surface area contributed by atoms with Crippen LogP contribution in [0.4, 0.5) is 0 Å². The molecule has 28 heavy (non-hydrogen) atoms. The Kier molecular flexibility index (Phi) is 5.30. The van der Waals surface area contributed by atoms with Gasteiger partial charge in [0.05, 0.1) is 19.9 Å². The topological polar surface area (TPSA) is 68.7 Å². The van der Waals surface area contributed by atoms with Crippen LogP contribution in [0.15, 0.2) is 41.8 Å². The number of thiophene rings is 1. The number of hydrogen-bond donors (Lipinski definition) is 1. The van der Waals surface area contributed by atoms with Gasteiger partial charge >= 0.3 is 0 Å². The normalized spacial score (nSPS) is 12.4. The van der Waals surface area contributed by atoms with Crippen molar-refractivity contribution >= 4 is 48.8 Å². The third-order valence-electron chi connectivity index (χ3n) is 4.28. The van der Waals surface area contributed by atoms with Gasteiger partial charge in [0.25, 0.3) is 0 Å². The highest BCUT2D eigenvalue weighted by Crippen LogP contribution is 2.38. The first-order valence-corrected chi connectivity index (χ1v) is 10.5. The molecule has 4 rings (SSSR count). The van der Waals surface area contributed by atoms with Crippen LogP contribution in [0.1, 0.15) is 22.3 Å². The van der Waals surface area contributed by atoms with Crippen molar-refractivity contribution in [3.05, 3.63) is 52.3 Å². The summed E-state index contributed by atoms with van der Waals surface area (Å²) in [5.41, 5.74) is 1.59. The zero-order chi connectivity index (χ0) is 19.7. The number of fused-ring (bicyclic) bond motifs is 3. The Bertz CT molecular complexity index is 1150. The number of aromatic nitrogens is 1. The molecule has 5 nitrogen and oxygen atoms in total. The van der Waals surface area contributed by atoms with Gasteiger partial charge in [-0.25, -0.2) is 4.98 Å². The summed E-state index contributed by atoms with van der Waals surface area (Å²) in [6.45, 7) is 3.69. The van der Waals surface area contributed by atoms with Gasteiger partial charge in [0.15, 0.2) is 5.78 Å². The van der Waals surface area contributed by atoms with Gasteiger partial charge < -0.3 is 14.6 Å². The number of rotatable bonds is 7. The van der Waals surface area contributed by atoms with Crippen LogP contribution in [0.2, 0.25) is 0 Å². The van der Waals surface area contributed by atoms with Crippen molar-refractivity contribution in [3.63, 3.8) is 0 Å². The first kappa shape index (κ1) is 18.9. The Labute approximate surface area is 170 Å². The molecule has 1 N–H and O–H groups in total. The average molecular weight is 414 g/mol. The zero-order valence-corrected chi connectivity index (χ0v) is 17.1. The van der Waals surface area contributed by atoms with Crippen LogP contribution in [0, 0.1) is 6.92 Å². The van der Waals surface area contributed by atoms with Crippen molar-refractivity contribution in [3.8, 4) is 11.5 Å². The average Bonchev–Trinajstić information content (AvgIpc) is 3.30. The second-order valence-electron chi connectivity index (χ2n) is 6.48. The van der Waals surface area contributed by atoms with Crippen LogP contribution in [0.5, 0.6) is 11.5 Å². The van der Waals surface area contributed by atoms with Gasteiger partial charge in [0.2, 0.25) is 0 Å². The van der Waals surface area contributed by atoms with Gasteiger partial charge in [-0.3, -0.25) is 4.79 Å². The third kappa shape index (κ3) is 3.87. The molecule has 0 amide bonds. The zero-order valence-electron chi connectivity index (χ0n) is 15.5. The number of aliphatic hydroxyl groups excluding tert-OH is 1. The molecule has 1 atom stereocenters. The minimum Gasteiger partial charge on any atom is -0.491 e. The van der Waals surface area contributed by atoms with Crippen LogP contribution in [0.3, 0.4) is 0 Å². The van der Waals surface area contributed by atoms with E-state index in [2.05, 4.69) is 4.98 Å². The summed E-state index contributed by atoms with van der Waals surface area (Å²) in [7, 11) is 0. The Morgan fingerprint density at radius 1 is 1.21 bits per heavy atom. The van der Waals surface area contributed by atoms with E-state index >= 15 is 0 Å². The summed E-state index contributed by atoms with van der Waals surface area (Å²) in [6.07, 6.45) is -0.798. The lowest BCUT2D eigenvalue weighted by atomic mass is 10.1. The number of nitrogens with zero attached hydrogens (tertiary/aromatic N) is 1. The fraction of sp³-hybridized carbons (Fsp3) is 0.238. The molecule has 7 heteroatoms. The van der Waals surface area contributed by atoms with Gasteiger partial charge in [-0.05, 0) is 37.4 Å². The monoisotopic (exact) mass is 413 g/mol. The maximum Gasteiger partial charge on any atom is 0.159 e. The molecule has 0 aliphatic rings. The van der Waals surface area contributed by atoms with E-state index in [0.717, 1.165) is 31.1 Å². The number of aliphatic hydroxyl groups is 1. The molecule has 0 aliphatic heterocycles. The first-order chi connectivity index (χ1) is 13.5. The van der Waals surface area contributed by atoms with Crippen molar-refractivity contribution in [2.24, 2.45) is 0 Å². The van der Waals surface area contributed by atoms with Gasteiger partial charge in [-0.15, -0.1) is 22.7 Å².